The van der Waals surface area contributed by atoms with E-state index in [2.05, 4.69) is 21.2 Å². The molecular weight excluding hydrogens is 334 g/mol. The molecule has 0 unspecified atom stereocenters. The Morgan fingerprint density at radius 3 is 2.42 bits per heavy atom. The number of hydrogen-bond donors (Lipinski definition) is 3. The van der Waals surface area contributed by atoms with Gasteiger partial charge in [-0.3, -0.25) is 4.79 Å². The maximum Gasteiger partial charge on any atom is 0.255 e. The molecule has 0 atom stereocenters. The van der Waals surface area contributed by atoms with Crippen molar-refractivity contribution >= 4 is 39.1 Å². The van der Waals surface area contributed by atoms with E-state index in [1.165, 1.54) is 12.1 Å². The first-order chi connectivity index (χ1) is 8.97. The van der Waals surface area contributed by atoms with E-state index >= 15 is 0 Å². The molecule has 2 aromatic carbocycles. The second kappa shape index (κ2) is 5.50. The van der Waals surface area contributed by atoms with Crippen LogP contribution in [0.3, 0.4) is 0 Å². The minimum absolute atomic E-state index is 0.143. The van der Waals surface area contributed by atoms with E-state index < -0.39 is 5.91 Å². The molecule has 0 radical (unpaired) electrons. The minimum Gasteiger partial charge on any atom is -0.508 e. The third kappa shape index (κ3) is 3.19. The largest absolute Gasteiger partial charge is 0.508 e. The summed E-state index contributed by atoms with van der Waals surface area (Å²) in [4.78, 5) is 12.0. The van der Waals surface area contributed by atoms with Gasteiger partial charge >= 0.3 is 0 Å². The molecule has 0 bridgehead atoms. The number of phenols is 2. The molecule has 1 amide bonds. The number of nitrogens with one attached hydrogen (secondary N) is 1. The fourth-order valence-corrected chi connectivity index (χ4v) is 2.06. The zero-order valence-corrected chi connectivity index (χ0v) is 11.9. The van der Waals surface area contributed by atoms with E-state index in [0.29, 0.717) is 15.2 Å². The topological polar surface area (TPSA) is 69.6 Å². The number of rotatable bonds is 2. The Bertz CT molecular complexity index is 626. The predicted octanol–water partition coefficient (Wildman–Crippen LogP) is 3.77. The molecular formula is C13H9BrClNO3. The number of anilines is 1. The molecule has 3 N–H and O–H groups in total. The van der Waals surface area contributed by atoms with Crippen molar-refractivity contribution < 1.29 is 15.0 Å². The monoisotopic (exact) mass is 341 g/mol. The van der Waals surface area contributed by atoms with Gasteiger partial charge in [0.15, 0.2) is 0 Å². The number of hydrogen-bond acceptors (Lipinski definition) is 3. The zero-order chi connectivity index (χ0) is 14.0. The minimum atomic E-state index is -0.464. The van der Waals surface area contributed by atoms with Gasteiger partial charge in [0, 0.05) is 11.6 Å². The van der Waals surface area contributed by atoms with Crippen LogP contribution in [-0.2, 0) is 0 Å². The summed E-state index contributed by atoms with van der Waals surface area (Å²) in [6, 6.07) is 8.72. The summed E-state index contributed by atoms with van der Waals surface area (Å²) < 4.78 is 0.564. The standard InChI is InChI=1S/C13H9BrClNO3/c14-12-10(15)2-1-3-11(12)16-13(19)7-4-8(17)6-9(18)5-7/h1-6,17-18H,(H,16,19). The van der Waals surface area contributed by atoms with Gasteiger partial charge in [-0.25, -0.2) is 0 Å². The smallest absolute Gasteiger partial charge is 0.255 e. The van der Waals surface area contributed by atoms with Crippen molar-refractivity contribution in [2.45, 2.75) is 0 Å². The van der Waals surface area contributed by atoms with Gasteiger partial charge < -0.3 is 15.5 Å². The van der Waals surface area contributed by atoms with E-state index in [4.69, 9.17) is 11.6 Å². The number of carbonyl (C=O) groups is 1. The molecule has 0 aliphatic heterocycles. The highest BCUT2D eigenvalue weighted by Crippen LogP contribution is 2.30. The van der Waals surface area contributed by atoms with Crippen LogP contribution in [0.5, 0.6) is 11.5 Å². The SMILES string of the molecule is O=C(Nc1cccc(Cl)c1Br)c1cc(O)cc(O)c1. The van der Waals surface area contributed by atoms with Crippen molar-refractivity contribution in [1.29, 1.82) is 0 Å². The maximum atomic E-state index is 12.0. The van der Waals surface area contributed by atoms with Crippen LogP contribution in [0, 0.1) is 0 Å². The first-order valence-corrected chi connectivity index (χ1v) is 6.43. The molecule has 2 rings (SSSR count). The molecule has 0 saturated carbocycles. The second-order valence-corrected chi connectivity index (χ2v) is 4.99. The zero-order valence-electron chi connectivity index (χ0n) is 9.52. The molecule has 0 heterocycles. The molecule has 2 aromatic rings. The van der Waals surface area contributed by atoms with Gasteiger partial charge in [0.2, 0.25) is 0 Å². The first kappa shape index (κ1) is 13.7. The van der Waals surface area contributed by atoms with Gasteiger partial charge in [0.05, 0.1) is 15.2 Å². The fourth-order valence-electron chi connectivity index (χ4n) is 1.52. The molecule has 0 aliphatic rings. The van der Waals surface area contributed by atoms with E-state index in [1.54, 1.807) is 18.2 Å². The lowest BCUT2D eigenvalue weighted by Gasteiger charge is -2.09. The van der Waals surface area contributed by atoms with E-state index in [0.717, 1.165) is 6.07 Å². The lowest BCUT2D eigenvalue weighted by atomic mass is 10.2. The maximum absolute atomic E-state index is 12.0. The summed E-state index contributed by atoms with van der Waals surface area (Å²) in [7, 11) is 0. The Morgan fingerprint density at radius 2 is 1.79 bits per heavy atom. The van der Waals surface area contributed by atoms with Crippen molar-refractivity contribution in [2.24, 2.45) is 0 Å². The highest BCUT2D eigenvalue weighted by molar-refractivity contribution is 9.10. The summed E-state index contributed by atoms with van der Waals surface area (Å²) in [5.41, 5.74) is 0.643. The molecule has 0 aromatic heterocycles. The molecule has 0 spiro atoms. The Hall–Kier alpha value is -1.72. The van der Waals surface area contributed by atoms with Crippen LogP contribution in [0.4, 0.5) is 5.69 Å². The van der Waals surface area contributed by atoms with Crippen LogP contribution < -0.4 is 5.32 Å². The third-order valence-electron chi connectivity index (χ3n) is 2.36. The van der Waals surface area contributed by atoms with Gasteiger partial charge in [0.25, 0.3) is 5.91 Å². The first-order valence-electron chi connectivity index (χ1n) is 5.26. The lowest BCUT2D eigenvalue weighted by molar-refractivity contribution is 0.102. The third-order valence-corrected chi connectivity index (χ3v) is 3.76. The lowest BCUT2D eigenvalue weighted by Crippen LogP contribution is -2.12. The molecule has 0 fully saturated rings. The number of benzene rings is 2. The number of aromatic hydroxyl groups is 2. The van der Waals surface area contributed by atoms with Gasteiger partial charge in [-0.15, -0.1) is 0 Å². The summed E-state index contributed by atoms with van der Waals surface area (Å²) in [5.74, 6) is -0.834. The number of halogens is 2. The van der Waals surface area contributed by atoms with Gasteiger partial charge in [0.1, 0.15) is 11.5 Å². The Morgan fingerprint density at radius 1 is 1.16 bits per heavy atom. The van der Waals surface area contributed by atoms with E-state index in [-0.39, 0.29) is 17.1 Å². The van der Waals surface area contributed by atoms with Crippen LogP contribution in [0.1, 0.15) is 10.4 Å². The predicted molar refractivity (Wildman–Crippen MR) is 76.9 cm³/mol. The Kier molecular flexibility index (Phi) is 3.97. The number of carbonyl (C=O) groups excluding carboxylic acids is 1. The van der Waals surface area contributed by atoms with Crippen molar-refractivity contribution in [3.63, 3.8) is 0 Å². The van der Waals surface area contributed by atoms with Crippen LogP contribution in [0.25, 0.3) is 0 Å². The van der Waals surface area contributed by atoms with Gasteiger partial charge in [-0.2, -0.15) is 0 Å². The molecule has 19 heavy (non-hydrogen) atoms. The van der Waals surface area contributed by atoms with Crippen molar-refractivity contribution in [3.05, 3.63) is 51.5 Å². The number of phenolic OH excluding ortho intramolecular Hbond substituents is 2. The molecule has 6 heteroatoms. The van der Waals surface area contributed by atoms with Crippen LogP contribution in [0.2, 0.25) is 5.02 Å². The van der Waals surface area contributed by atoms with E-state index in [1.807, 2.05) is 0 Å². The average molecular weight is 343 g/mol. The van der Waals surface area contributed by atoms with Gasteiger partial charge in [-0.1, -0.05) is 17.7 Å². The van der Waals surface area contributed by atoms with Crippen molar-refractivity contribution in [1.82, 2.24) is 0 Å². The Labute approximate surface area is 122 Å². The molecule has 98 valence electrons. The van der Waals surface area contributed by atoms with Crippen LogP contribution >= 0.6 is 27.5 Å². The summed E-state index contributed by atoms with van der Waals surface area (Å²) >= 11 is 9.18. The van der Waals surface area contributed by atoms with Gasteiger partial charge in [-0.05, 0) is 40.2 Å². The fraction of sp³-hybridized carbons (Fsp3) is 0. The molecule has 0 saturated heterocycles. The second-order valence-electron chi connectivity index (χ2n) is 3.79. The van der Waals surface area contributed by atoms with Crippen molar-refractivity contribution in [2.75, 3.05) is 5.32 Å². The quantitative estimate of drug-likeness (QED) is 0.778. The highest BCUT2D eigenvalue weighted by Gasteiger charge is 2.11. The van der Waals surface area contributed by atoms with Crippen LogP contribution in [0.15, 0.2) is 40.9 Å². The summed E-state index contributed by atoms with van der Waals surface area (Å²) in [6.07, 6.45) is 0. The van der Waals surface area contributed by atoms with Crippen molar-refractivity contribution in [3.8, 4) is 11.5 Å². The van der Waals surface area contributed by atoms with E-state index in [9.17, 15) is 15.0 Å². The molecule has 0 aliphatic carbocycles. The van der Waals surface area contributed by atoms with Crippen LogP contribution in [-0.4, -0.2) is 16.1 Å². The highest BCUT2D eigenvalue weighted by atomic mass is 79.9. The molecule has 4 nitrogen and oxygen atoms in total. The Balaban J connectivity index is 2.28. The average Bonchev–Trinajstić information content (AvgIpc) is 2.33. The summed E-state index contributed by atoms with van der Waals surface area (Å²) in [5, 5.41) is 21.8. The summed E-state index contributed by atoms with van der Waals surface area (Å²) in [6.45, 7) is 0. The normalized spacial score (nSPS) is 10.2. The number of amides is 1.